The number of aliphatic hydroxyl groups is 1. The van der Waals surface area contributed by atoms with Crippen LogP contribution in [0.1, 0.15) is 18.4 Å². The lowest BCUT2D eigenvalue weighted by atomic mass is 10.1. The van der Waals surface area contributed by atoms with Gasteiger partial charge in [-0.15, -0.1) is 0 Å². The molecule has 1 aliphatic rings. The van der Waals surface area contributed by atoms with Crippen molar-refractivity contribution in [1.82, 2.24) is 0 Å². The van der Waals surface area contributed by atoms with Crippen LogP contribution in [0.2, 0.25) is 0 Å². The summed E-state index contributed by atoms with van der Waals surface area (Å²) in [6.45, 7) is 0.972. The molecule has 1 saturated heterocycles. The minimum atomic E-state index is -0.493. The molecule has 18 heavy (non-hydrogen) atoms. The van der Waals surface area contributed by atoms with E-state index in [1.165, 1.54) is 18.2 Å². The van der Waals surface area contributed by atoms with Gasteiger partial charge in [0.25, 0.3) is 5.69 Å². The van der Waals surface area contributed by atoms with Gasteiger partial charge in [-0.3, -0.25) is 10.1 Å². The minimum absolute atomic E-state index is 0.0497. The van der Waals surface area contributed by atoms with Crippen LogP contribution in [0.3, 0.4) is 0 Å². The van der Waals surface area contributed by atoms with Crippen molar-refractivity contribution in [1.29, 1.82) is 0 Å². The van der Waals surface area contributed by atoms with Gasteiger partial charge in [0.2, 0.25) is 0 Å². The monoisotopic (exact) mass is 253 g/mol. The second-order valence-electron chi connectivity index (χ2n) is 4.16. The molecular weight excluding hydrogens is 238 g/mol. The van der Waals surface area contributed by atoms with Crippen LogP contribution < -0.4 is 4.74 Å². The first-order chi connectivity index (χ1) is 8.70. The Kier molecular flexibility index (Phi) is 4.11. The van der Waals surface area contributed by atoms with E-state index >= 15 is 0 Å². The zero-order chi connectivity index (χ0) is 13.0. The number of hydrogen-bond acceptors (Lipinski definition) is 5. The highest BCUT2D eigenvalue weighted by Crippen LogP contribution is 2.26. The van der Waals surface area contributed by atoms with Crippen LogP contribution in [0.5, 0.6) is 5.75 Å². The summed E-state index contributed by atoms with van der Waals surface area (Å²) in [5.74, 6) is 0.485. The highest BCUT2D eigenvalue weighted by atomic mass is 16.6. The molecule has 6 heteroatoms. The first kappa shape index (κ1) is 12.8. The summed E-state index contributed by atoms with van der Waals surface area (Å²) in [7, 11) is 0. The zero-order valence-corrected chi connectivity index (χ0v) is 9.87. The summed E-state index contributed by atoms with van der Waals surface area (Å²) in [5, 5.41) is 19.9. The molecule has 0 amide bonds. The largest absolute Gasteiger partial charge is 0.488 e. The molecule has 1 atom stereocenters. The maximum atomic E-state index is 10.6. The van der Waals surface area contributed by atoms with E-state index in [0.29, 0.717) is 17.9 Å². The first-order valence-electron chi connectivity index (χ1n) is 5.83. The first-order valence-corrected chi connectivity index (χ1v) is 5.83. The van der Waals surface area contributed by atoms with Crippen LogP contribution in [-0.4, -0.2) is 29.3 Å². The quantitative estimate of drug-likeness (QED) is 0.651. The molecule has 98 valence electrons. The van der Waals surface area contributed by atoms with Crippen molar-refractivity contribution in [3.05, 3.63) is 33.9 Å². The Hall–Kier alpha value is -1.66. The Bertz CT molecular complexity index is 428. The van der Waals surface area contributed by atoms with Gasteiger partial charge in [0.1, 0.15) is 11.9 Å². The topological polar surface area (TPSA) is 81.8 Å². The number of benzene rings is 1. The number of nitro benzene ring substituents is 1. The lowest BCUT2D eigenvalue weighted by Gasteiger charge is -2.24. The van der Waals surface area contributed by atoms with Crippen molar-refractivity contribution < 1.29 is 19.5 Å². The number of nitro groups is 1. The van der Waals surface area contributed by atoms with Crippen molar-refractivity contribution in [3.63, 3.8) is 0 Å². The molecule has 1 unspecified atom stereocenters. The van der Waals surface area contributed by atoms with E-state index in [2.05, 4.69) is 0 Å². The van der Waals surface area contributed by atoms with Crippen molar-refractivity contribution in [3.8, 4) is 5.75 Å². The molecule has 1 heterocycles. The number of aliphatic hydroxyl groups excluding tert-OH is 1. The predicted molar refractivity (Wildman–Crippen MR) is 63.5 cm³/mol. The van der Waals surface area contributed by atoms with Gasteiger partial charge < -0.3 is 14.6 Å². The molecule has 0 saturated carbocycles. The van der Waals surface area contributed by atoms with Gasteiger partial charge in [-0.2, -0.15) is 0 Å². The van der Waals surface area contributed by atoms with Crippen LogP contribution in [0.15, 0.2) is 18.2 Å². The molecule has 6 nitrogen and oxygen atoms in total. The second-order valence-corrected chi connectivity index (χ2v) is 4.16. The van der Waals surface area contributed by atoms with Crippen molar-refractivity contribution >= 4 is 5.69 Å². The summed E-state index contributed by atoms with van der Waals surface area (Å²) < 4.78 is 11.0. The highest BCUT2D eigenvalue weighted by molar-refractivity contribution is 5.43. The Labute approximate surface area is 104 Å². The fourth-order valence-corrected chi connectivity index (χ4v) is 1.90. The number of hydrogen-bond donors (Lipinski definition) is 1. The maximum Gasteiger partial charge on any atom is 0.270 e. The number of nitrogens with zero attached hydrogens (tertiary/aromatic N) is 1. The van der Waals surface area contributed by atoms with Crippen LogP contribution in [0.25, 0.3) is 0 Å². The molecule has 1 aromatic carbocycles. The number of non-ortho nitro benzene ring substituents is 1. The molecule has 0 radical (unpaired) electrons. The molecule has 1 N–H and O–H groups in total. The average molecular weight is 253 g/mol. The van der Waals surface area contributed by atoms with Gasteiger partial charge in [-0.1, -0.05) is 0 Å². The summed E-state index contributed by atoms with van der Waals surface area (Å²) in [5.41, 5.74) is 0.376. The standard InChI is InChI=1S/C12H15NO5/c14-7-9-6-10(13(15)16)3-4-12(9)18-11-2-1-5-17-8-11/h3-4,6,11,14H,1-2,5,7-8H2. The van der Waals surface area contributed by atoms with E-state index in [9.17, 15) is 15.2 Å². The normalized spacial score (nSPS) is 19.5. The minimum Gasteiger partial charge on any atom is -0.488 e. The van der Waals surface area contributed by atoms with Gasteiger partial charge in [-0.25, -0.2) is 0 Å². The summed E-state index contributed by atoms with van der Waals surface area (Å²) in [6.07, 6.45) is 1.78. The molecule has 1 aliphatic heterocycles. The Morgan fingerprint density at radius 3 is 3.00 bits per heavy atom. The molecule has 0 bridgehead atoms. The molecule has 0 aliphatic carbocycles. The van der Waals surface area contributed by atoms with Gasteiger partial charge >= 0.3 is 0 Å². The van der Waals surface area contributed by atoms with Crippen LogP contribution in [0, 0.1) is 10.1 Å². The van der Waals surface area contributed by atoms with Gasteiger partial charge in [0.05, 0.1) is 18.1 Å². The van der Waals surface area contributed by atoms with Crippen molar-refractivity contribution in [2.45, 2.75) is 25.6 Å². The van der Waals surface area contributed by atoms with E-state index in [1.54, 1.807) is 0 Å². The van der Waals surface area contributed by atoms with Crippen LogP contribution in [-0.2, 0) is 11.3 Å². The summed E-state index contributed by atoms with van der Waals surface area (Å²) in [4.78, 5) is 10.1. The SMILES string of the molecule is O=[N+]([O-])c1ccc(OC2CCCOC2)c(CO)c1. The lowest BCUT2D eigenvalue weighted by molar-refractivity contribution is -0.385. The van der Waals surface area contributed by atoms with Gasteiger partial charge in [0, 0.05) is 24.3 Å². The Morgan fingerprint density at radius 1 is 1.56 bits per heavy atom. The third kappa shape index (κ3) is 2.96. The van der Waals surface area contributed by atoms with E-state index in [1.807, 2.05) is 0 Å². The Balaban J connectivity index is 2.13. The zero-order valence-electron chi connectivity index (χ0n) is 9.87. The third-order valence-electron chi connectivity index (χ3n) is 2.84. The molecule has 1 fully saturated rings. The van der Waals surface area contributed by atoms with E-state index in [4.69, 9.17) is 9.47 Å². The number of rotatable bonds is 4. The van der Waals surface area contributed by atoms with Crippen LogP contribution >= 0.6 is 0 Å². The highest BCUT2D eigenvalue weighted by Gasteiger charge is 2.18. The third-order valence-corrected chi connectivity index (χ3v) is 2.84. The summed E-state index contributed by atoms with van der Waals surface area (Å²) >= 11 is 0. The Morgan fingerprint density at radius 2 is 2.39 bits per heavy atom. The fourth-order valence-electron chi connectivity index (χ4n) is 1.90. The molecular formula is C12H15NO5. The van der Waals surface area contributed by atoms with Crippen molar-refractivity contribution in [2.75, 3.05) is 13.2 Å². The fraction of sp³-hybridized carbons (Fsp3) is 0.500. The summed E-state index contributed by atoms with van der Waals surface area (Å²) in [6, 6.07) is 4.23. The number of ether oxygens (including phenoxy) is 2. The van der Waals surface area contributed by atoms with Crippen molar-refractivity contribution in [2.24, 2.45) is 0 Å². The maximum absolute atomic E-state index is 10.6. The van der Waals surface area contributed by atoms with E-state index in [-0.39, 0.29) is 18.4 Å². The second kappa shape index (κ2) is 5.79. The molecule has 0 aromatic heterocycles. The molecule has 2 rings (SSSR count). The van der Waals surface area contributed by atoms with Gasteiger partial charge in [-0.05, 0) is 18.9 Å². The van der Waals surface area contributed by atoms with E-state index in [0.717, 1.165) is 19.4 Å². The lowest BCUT2D eigenvalue weighted by Crippen LogP contribution is -2.28. The predicted octanol–water partition coefficient (Wildman–Crippen LogP) is 1.64. The van der Waals surface area contributed by atoms with Gasteiger partial charge in [0.15, 0.2) is 0 Å². The molecule has 0 spiro atoms. The van der Waals surface area contributed by atoms with E-state index < -0.39 is 4.92 Å². The molecule has 1 aromatic rings. The smallest absolute Gasteiger partial charge is 0.270 e. The average Bonchev–Trinajstić information content (AvgIpc) is 2.40. The van der Waals surface area contributed by atoms with Crippen LogP contribution in [0.4, 0.5) is 5.69 Å².